The Morgan fingerprint density at radius 2 is 1.80 bits per heavy atom. The molecule has 3 aromatic carbocycles. The van der Waals surface area contributed by atoms with E-state index in [0.717, 1.165) is 28.4 Å². The summed E-state index contributed by atoms with van der Waals surface area (Å²) in [6.45, 7) is 2.64. The van der Waals surface area contributed by atoms with Crippen LogP contribution in [0.5, 0.6) is 0 Å². The van der Waals surface area contributed by atoms with Gasteiger partial charge in [-0.25, -0.2) is 0 Å². The van der Waals surface area contributed by atoms with E-state index in [1.165, 1.54) is 11.8 Å². The molecule has 2 N–H and O–H groups in total. The molecule has 30 heavy (non-hydrogen) atoms. The zero-order valence-corrected chi connectivity index (χ0v) is 17.7. The molecule has 5 nitrogen and oxygen atoms in total. The lowest BCUT2D eigenvalue weighted by Gasteiger charge is -2.21. The molecule has 0 spiro atoms. The normalized spacial score (nSPS) is 15.1. The van der Waals surface area contributed by atoms with Crippen molar-refractivity contribution in [3.8, 4) is 0 Å². The molecular formula is C24H23N3O2S. The first-order chi connectivity index (χ1) is 14.5. The van der Waals surface area contributed by atoms with Crippen LogP contribution in [-0.2, 0) is 11.3 Å². The molecule has 0 saturated carbocycles. The SMILES string of the molecule is C[C@H]1Sc2ccc(C(=O)Nc3ccc(CN(C)c4ccccc4)cc3)cc2NC1=O. The Hall–Kier alpha value is -3.25. The summed E-state index contributed by atoms with van der Waals surface area (Å²) in [5.41, 5.74) is 4.24. The Morgan fingerprint density at radius 1 is 1.07 bits per heavy atom. The summed E-state index contributed by atoms with van der Waals surface area (Å²) < 4.78 is 0. The van der Waals surface area contributed by atoms with Gasteiger partial charge in [-0.05, 0) is 55.0 Å². The highest BCUT2D eigenvalue weighted by atomic mass is 32.2. The first-order valence-electron chi connectivity index (χ1n) is 9.77. The lowest BCUT2D eigenvalue weighted by molar-refractivity contribution is -0.115. The molecule has 1 aliphatic rings. The zero-order valence-electron chi connectivity index (χ0n) is 16.9. The number of anilines is 3. The number of hydrogen-bond donors (Lipinski definition) is 2. The minimum absolute atomic E-state index is 0.0406. The van der Waals surface area contributed by atoms with Gasteiger partial charge in [-0.2, -0.15) is 0 Å². The third-order valence-corrected chi connectivity index (χ3v) is 6.18. The number of amides is 2. The number of hydrogen-bond acceptors (Lipinski definition) is 4. The molecule has 0 aliphatic carbocycles. The Labute approximate surface area is 180 Å². The fourth-order valence-electron chi connectivity index (χ4n) is 3.29. The quantitative estimate of drug-likeness (QED) is 0.613. The van der Waals surface area contributed by atoms with Crippen LogP contribution >= 0.6 is 11.8 Å². The van der Waals surface area contributed by atoms with Crippen molar-refractivity contribution < 1.29 is 9.59 Å². The van der Waals surface area contributed by atoms with Gasteiger partial charge in [-0.3, -0.25) is 9.59 Å². The standard InChI is InChI=1S/C24H23N3O2S/c1-16-23(28)26-21-14-18(10-13-22(21)30-16)24(29)25-19-11-8-17(9-12-19)15-27(2)20-6-4-3-5-7-20/h3-14,16H,15H2,1-2H3,(H,25,29)(H,26,28)/t16-/m1/s1. The highest BCUT2D eigenvalue weighted by Crippen LogP contribution is 2.36. The van der Waals surface area contributed by atoms with E-state index in [0.29, 0.717) is 11.3 Å². The maximum atomic E-state index is 12.7. The van der Waals surface area contributed by atoms with Crippen molar-refractivity contribution >= 4 is 40.6 Å². The smallest absolute Gasteiger partial charge is 0.255 e. The fraction of sp³-hybridized carbons (Fsp3) is 0.167. The van der Waals surface area contributed by atoms with E-state index in [9.17, 15) is 9.59 Å². The third kappa shape index (κ3) is 4.49. The lowest BCUT2D eigenvalue weighted by Crippen LogP contribution is -2.26. The molecule has 152 valence electrons. The van der Waals surface area contributed by atoms with Gasteiger partial charge in [0.2, 0.25) is 5.91 Å². The highest BCUT2D eigenvalue weighted by Gasteiger charge is 2.23. The number of benzene rings is 3. The van der Waals surface area contributed by atoms with Crippen molar-refractivity contribution in [1.82, 2.24) is 0 Å². The minimum Gasteiger partial charge on any atom is -0.370 e. The maximum Gasteiger partial charge on any atom is 0.255 e. The van der Waals surface area contributed by atoms with E-state index in [-0.39, 0.29) is 17.1 Å². The summed E-state index contributed by atoms with van der Waals surface area (Å²) in [5, 5.41) is 5.66. The van der Waals surface area contributed by atoms with Gasteiger partial charge in [0.1, 0.15) is 0 Å². The molecule has 4 rings (SSSR count). The van der Waals surface area contributed by atoms with Crippen LogP contribution in [0.3, 0.4) is 0 Å². The van der Waals surface area contributed by atoms with E-state index >= 15 is 0 Å². The maximum absolute atomic E-state index is 12.7. The molecule has 0 aromatic heterocycles. The van der Waals surface area contributed by atoms with Crippen molar-refractivity contribution in [1.29, 1.82) is 0 Å². The number of nitrogens with zero attached hydrogens (tertiary/aromatic N) is 1. The highest BCUT2D eigenvalue weighted by molar-refractivity contribution is 8.00. The summed E-state index contributed by atoms with van der Waals surface area (Å²) in [6, 6.07) is 23.4. The molecule has 0 unspecified atom stereocenters. The first-order valence-corrected chi connectivity index (χ1v) is 10.7. The summed E-state index contributed by atoms with van der Waals surface area (Å²) >= 11 is 1.50. The topological polar surface area (TPSA) is 61.4 Å². The van der Waals surface area contributed by atoms with Crippen LogP contribution in [-0.4, -0.2) is 24.1 Å². The number of para-hydroxylation sites is 1. The van der Waals surface area contributed by atoms with Crippen LogP contribution in [0, 0.1) is 0 Å². The summed E-state index contributed by atoms with van der Waals surface area (Å²) in [5.74, 6) is -0.244. The minimum atomic E-state index is -0.204. The van der Waals surface area contributed by atoms with Crippen LogP contribution in [0.4, 0.5) is 17.1 Å². The third-order valence-electron chi connectivity index (χ3n) is 5.00. The molecule has 1 aliphatic heterocycles. The van der Waals surface area contributed by atoms with Gasteiger partial charge in [0, 0.05) is 35.4 Å². The first kappa shape index (κ1) is 20.0. The van der Waals surface area contributed by atoms with Crippen LogP contribution in [0.15, 0.2) is 77.7 Å². The Bertz CT molecular complexity index is 1070. The van der Waals surface area contributed by atoms with Gasteiger partial charge in [-0.15, -0.1) is 11.8 Å². The van der Waals surface area contributed by atoms with Crippen LogP contribution in [0.2, 0.25) is 0 Å². The van der Waals surface area contributed by atoms with Gasteiger partial charge in [0.15, 0.2) is 0 Å². The number of nitrogens with one attached hydrogen (secondary N) is 2. The molecule has 2 amide bonds. The molecule has 0 fully saturated rings. The molecule has 6 heteroatoms. The lowest BCUT2D eigenvalue weighted by atomic mass is 10.1. The van der Waals surface area contributed by atoms with Crippen LogP contribution in [0.25, 0.3) is 0 Å². The summed E-state index contributed by atoms with van der Waals surface area (Å²) in [4.78, 5) is 27.7. The molecular weight excluding hydrogens is 394 g/mol. The van der Waals surface area contributed by atoms with Crippen molar-refractivity contribution in [2.75, 3.05) is 22.6 Å². The Morgan fingerprint density at radius 3 is 2.53 bits per heavy atom. The Kier molecular flexibility index (Phi) is 5.77. The summed E-state index contributed by atoms with van der Waals surface area (Å²) in [7, 11) is 2.05. The zero-order chi connectivity index (χ0) is 21.1. The monoisotopic (exact) mass is 417 g/mol. The van der Waals surface area contributed by atoms with Crippen molar-refractivity contribution in [3.63, 3.8) is 0 Å². The number of thioether (sulfide) groups is 1. The van der Waals surface area contributed by atoms with Gasteiger partial charge in [-0.1, -0.05) is 30.3 Å². The molecule has 1 heterocycles. The van der Waals surface area contributed by atoms with Crippen molar-refractivity contribution in [3.05, 3.63) is 83.9 Å². The van der Waals surface area contributed by atoms with Gasteiger partial charge in [0.05, 0.1) is 10.9 Å². The van der Waals surface area contributed by atoms with E-state index in [1.54, 1.807) is 12.1 Å². The second kappa shape index (κ2) is 8.63. The van der Waals surface area contributed by atoms with E-state index in [2.05, 4.69) is 34.7 Å². The second-order valence-electron chi connectivity index (χ2n) is 7.30. The fourth-order valence-corrected chi connectivity index (χ4v) is 4.22. The number of carbonyl (C=O) groups excluding carboxylic acids is 2. The number of fused-ring (bicyclic) bond motifs is 1. The summed E-state index contributed by atoms with van der Waals surface area (Å²) in [6.07, 6.45) is 0. The van der Waals surface area contributed by atoms with E-state index in [4.69, 9.17) is 0 Å². The molecule has 3 aromatic rings. The van der Waals surface area contributed by atoms with E-state index in [1.807, 2.05) is 55.5 Å². The van der Waals surface area contributed by atoms with Crippen molar-refractivity contribution in [2.45, 2.75) is 23.6 Å². The molecule has 0 saturated heterocycles. The van der Waals surface area contributed by atoms with Gasteiger partial charge >= 0.3 is 0 Å². The average Bonchev–Trinajstić information content (AvgIpc) is 2.76. The number of rotatable bonds is 5. The number of carbonyl (C=O) groups is 2. The molecule has 1 atom stereocenters. The Balaban J connectivity index is 1.40. The second-order valence-corrected chi connectivity index (χ2v) is 8.69. The van der Waals surface area contributed by atoms with Crippen LogP contribution in [0.1, 0.15) is 22.8 Å². The predicted octanol–water partition coefficient (Wildman–Crippen LogP) is 5.01. The van der Waals surface area contributed by atoms with Gasteiger partial charge in [0.25, 0.3) is 5.91 Å². The molecule has 0 bridgehead atoms. The molecule has 0 radical (unpaired) electrons. The van der Waals surface area contributed by atoms with Gasteiger partial charge < -0.3 is 15.5 Å². The van der Waals surface area contributed by atoms with Crippen LogP contribution < -0.4 is 15.5 Å². The average molecular weight is 418 g/mol. The van der Waals surface area contributed by atoms with E-state index < -0.39 is 0 Å². The largest absolute Gasteiger partial charge is 0.370 e. The predicted molar refractivity (Wildman–Crippen MR) is 123 cm³/mol. The van der Waals surface area contributed by atoms with Crippen molar-refractivity contribution in [2.24, 2.45) is 0 Å².